The monoisotopic (exact) mass is 438 g/mol. The van der Waals surface area contributed by atoms with Gasteiger partial charge in [0.05, 0.1) is 11.8 Å². The highest BCUT2D eigenvalue weighted by Crippen LogP contribution is 2.23. The number of benzene rings is 3. The summed E-state index contributed by atoms with van der Waals surface area (Å²) >= 11 is 0. The lowest BCUT2D eigenvalue weighted by atomic mass is 10.1. The summed E-state index contributed by atoms with van der Waals surface area (Å²) < 4.78 is 33.2. The van der Waals surface area contributed by atoms with Crippen LogP contribution in [-0.2, 0) is 21.4 Å². The van der Waals surface area contributed by atoms with Crippen molar-refractivity contribution in [1.82, 2.24) is 4.72 Å². The maximum atomic E-state index is 12.6. The van der Waals surface area contributed by atoms with Crippen LogP contribution < -0.4 is 14.8 Å². The number of hydrogen-bond acceptors (Lipinski definition) is 4. The summed E-state index contributed by atoms with van der Waals surface area (Å²) in [5.74, 6) is 0.230. The van der Waals surface area contributed by atoms with Crippen LogP contribution in [0, 0.1) is 6.92 Å². The minimum Gasteiger partial charge on any atom is -0.489 e. The van der Waals surface area contributed by atoms with Gasteiger partial charge in [-0.3, -0.25) is 4.79 Å². The van der Waals surface area contributed by atoms with Crippen LogP contribution in [0.15, 0.2) is 78.9 Å². The van der Waals surface area contributed by atoms with E-state index in [4.69, 9.17) is 4.74 Å². The predicted octanol–water partition coefficient (Wildman–Crippen LogP) is 4.19. The second-order valence-corrected chi connectivity index (χ2v) is 9.30. The van der Waals surface area contributed by atoms with Crippen molar-refractivity contribution in [1.29, 1.82) is 0 Å². The van der Waals surface area contributed by atoms with Crippen molar-refractivity contribution in [2.45, 2.75) is 25.7 Å². The normalized spacial score (nSPS) is 12.2. The molecule has 7 heteroatoms. The molecular weight excluding hydrogens is 412 g/mol. The van der Waals surface area contributed by atoms with Gasteiger partial charge in [-0.15, -0.1) is 0 Å². The number of nitrogens with one attached hydrogen (secondary N) is 2. The Morgan fingerprint density at radius 1 is 0.935 bits per heavy atom. The molecule has 1 unspecified atom stereocenters. The fourth-order valence-corrected chi connectivity index (χ4v) is 4.26. The van der Waals surface area contributed by atoms with Gasteiger partial charge >= 0.3 is 0 Å². The Balaban J connectivity index is 1.50. The molecule has 0 spiro atoms. The molecule has 3 aromatic rings. The summed E-state index contributed by atoms with van der Waals surface area (Å²) in [7, 11) is -3.69. The van der Waals surface area contributed by atoms with E-state index in [0.29, 0.717) is 23.6 Å². The zero-order valence-corrected chi connectivity index (χ0v) is 18.4. The molecule has 162 valence electrons. The quantitative estimate of drug-likeness (QED) is 0.525. The summed E-state index contributed by atoms with van der Waals surface area (Å²) in [4.78, 5) is 12.2. The summed E-state index contributed by atoms with van der Waals surface area (Å²) in [5, 5.41) is 1.92. The van der Waals surface area contributed by atoms with Crippen LogP contribution in [0.2, 0.25) is 0 Å². The molecule has 0 bridgehead atoms. The molecule has 1 amide bonds. The lowest BCUT2D eigenvalue weighted by Crippen LogP contribution is -2.35. The largest absolute Gasteiger partial charge is 0.489 e. The first kappa shape index (κ1) is 22.5. The SMILES string of the molecule is Cc1ccccc1C(C)S(=O)(=O)NCC(=O)Nc1ccc(OCc2ccccc2)cc1. The van der Waals surface area contributed by atoms with Crippen molar-refractivity contribution in [3.8, 4) is 5.75 Å². The van der Waals surface area contributed by atoms with Gasteiger partial charge in [0.15, 0.2) is 0 Å². The van der Waals surface area contributed by atoms with E-state index < -0.39 is 21.2 Å². The Labute approximate surface area is 183 Å². The highest BCUT2D eigenvalue weighted by Gasteiger charge is 2.24. The van der Waals surface area contributed by atoms with Crippen LogP contribution in [0.3, 0.4) is 0 Å². The smallest absolute Gasteiger partial charge is 0.239 e. The molecular formula is C24H26N2O4S. The topological polar surface area (TPSA) is 84.5 Å². The third kappa shape index (κ3) is 6.41. The first-order valence-corrected chi connectivity index (χ1v) is 11.5. The number of sulfonamides is 1. The van der Waals surface area contributed by atoms with E-state index in [1.54, 1.807) is 43.3 Å². The minimum absolute atomic E-state index is 0.342. The van der Waals surface area contributed by atoms with Gasteiger partial charge in [-0.2, -0.15) is 0 Å². The Bertz CT molecular complexity index is 1110. The van der Waals surface area contributed by atoms with Crippen molar-refractivity contribution >= 4 is 21.6 Å². The Morgan fingerprint density at radius 3 is 2.26 bits per heavy atom. The average Bonchev–Trinajstić information content (AvgIpc) is 2.78. The van der Waals surface area contributed by atoms with E-state index in [0.717, 1.165) is 11.1 Å². The van der Waals surface area contributed by atoms with Crippen molar-refractivity contribution in [2.24, 2.45) is 0 Å². The predicted molar refractivity (Wildman–Crippen MR) is 122 cm³/mol. The van der Waals surface area contributed by atoms with Crippen LogP contribution in [-0.4, -0.2) is 20.9 Å². The summed E-state index contributed by atoms with van der Waals surface area (Å²) in [5.41, 5.74) is 3.22. The fraction of sp³-hybridized carbons (Fsp3) is 0.208. The third-order valence-electron chi connectivity index (χ3n) is 4.91. The number of hydrogen-bond donors (Lipinski definition) is 2. The van der Waals surface area contributed by atoms with Crippen molar-refractivity contribution in [3.05, 3.63) is 95.6 Å². The molecule has 0 fully saturated rings. The van der Waals surface area contributed by atoms with Crippen LogP contribution in [0.5, 0.6) is 5.75 Å². The van der Waals surface area contributed by atoms with Gasteiger partial charge in [0.25, 0.3) is 0 Å². The minimum atomic E-state index is -3.69. The zero-order valence-electron chi connectivity index (χ0n) is 17.5. The van der Waals surface area contributed by atoms with Gasteiger partial charge < -0.3 is 10.1 Å². The van der Waals surface area contributed by atoms with E-state index in [1.807, 2.05) is 49.4 Å². The van der Waals surface area contributed by atoms with Crippen molar-refractivity contribution < 1.29 is 17.9 Å². The van der Waals surface area contributed by atoms with Gasteiger partial charge in [-0.1, -0.05) is 54.6 Å². The number of amides is 1. The zero-order chi connectivity index (χ0) is 22.3. The molecule has 31 heavy (non-hydrogen) atoms. The molecule has 2 N–H and O–H groups in total. The molecule has 0 aliphatic heterocycles. The second-order valence-electron chi connectivity index (χ2n) is 7.21. The molecule has 0 saturated carbocycles. The van der Waals surface area contributed by atoms with E-state index in [1.165, 1.54) is 0 Å². The summed E-state index contributed by atoms with van der Waals surface area (Å²) in [6.07, 6.45) is 0. The molecule has 3 rings (SSSR count). The highest BCUT2D eigenvalue weighted by molar-refractivity contribution is 7.89. The van der Waals surface area contributed by atoms with Gasteiger partial charge in [-0.05, 0) is 54.8 Å². The lowest BCUT2D eigenvalue weighted by molar-refractivity contribution is -0.115. The first-order chi connectivity index (χ1) is 14.8. The maximum absolute atomic E-state index is 12.6. The number of ether oxygens (including phenoxy) is 1. The second kappa shape index (κ2) is 10.2. The van der Waals surface area contributed by atoms with E-state index >= 15 is 0 Å². The number of rotatable bonds is 9. The molecule has 3 aromatic carbocycles. The number of aryl methyl sites for hydroxylation is 1. The molecule has 6 nitrogen and oxygen atoms in total. The van der Waals surface area contributed by atoms with Gasteiger partial charge in [0.2, 0.25) is 15.9 Å². The number of carbonyl (C=O) groups excluding carboxylic acids is 1. The van der Waals surface area contributed by atoms with Crippen LogP contribution in [0.1, 0.15) is 28.9 Å². The van der Waals surface area contributed by atoms with Crippen LogP contribution in [0.25, 0.3) is 0 Å². The summed E-state index contributed by atoms with van der Waals surface area (Å²) in [6.45, 7) is 3.58. The number of anilines is 1. The molecule has 0 heterocycles. The molecule has 1 atom stereocenters. The Kier molecular flexibility index (Phi) is 7.44. The highest BCUT2D eigenvalue weighted by atomic mass is 32.2. The summed E-state index contributed by atoms with van der Waals surface area (Å²) in [6, 6.07) is 24.0. The van der Waals surface area contributed by atoms with Gasteiger partial charge in [0.1, 0.15) is 12.4 Å². The molecule has 0 aliphatic rings. The molecule has 0 aliphatic carbocycles. The first-order valence-electron chi connectivity index (χ1n) is 9.96. The van der Waals surface area contributed by atoms with Crippen molar-refractivity contribution in [3.63, 3.8) is 0 Å². The van der Waals surface area contributed by atoms with E-state index in [-0.39, 0.29) is 6.54 Å². The Morgan fingerprint density at radius 2 is 1.58 bits per heavy atom. The Hall–Kier alpha value is -3.16. The van der Waals surface area contributed by atoms with E-state index in [9.17, 15) is 13.2 Å². The van der Waals surface area contributed by atoms with E-state index in [2.05, 4.69) is 10.0 Å². The molecule has 0 radical (unpaired) electrons. The molecule has 0 aromatic heterocycles. The lowest BCUT2D eigenvalue weighted by Gasteiger charge is -2.16. The van der Waals surface area contributed by atoms with Crippen LogP contribution in [0.4, 0.5) is 5.69 Å². The van der Waals surface area contributed by atoms with Crippen molar-refractivity contribution in [2.75, 3.05) is 11.9 Å². The average molecular weight is 439 g/mol. The molecule has 0 saturated heterocycles. The third-order valence-corrected chi connectivity index (χ3v) is 6.64. The van der Waals surface area contributed by atoms with Gasteiger partial charge in [-0.25, -0.2) is 13.1 Å². The van der Waals surface area contributed by atoms with Crippen LogP contribution >= 0.6 is 0 Å². The fourth-order valence-electron chi connectivity index (χ4n) is 3.08. The van der Waals surface area contributed by atoms with Gasteiger partial charge in [0, 0.05) is 5.69 Å². The maximum Gasteiger partial charge on any atom is 0.239 e. The standard InChI is InChI=1S/C24H26N2O4S/c1-18-8-6-7-11-23(18)19(2)31(28,29)25-16-24(27)26-21-12-14-22(15-13-21)30-17-20-9-4-3-5-10-20/h3-15,19,25H,16-17H2,1-2H3,(H,26,27). The number of carbonyl (C=O) groups is 1.